The molecule has 0 aliphatic carbocycles. The minimum absolute atomic E-state index is 0.387. The number of thiophene rings is 1. The van der Waals surface area contributed by atoms with Gasteiger partial charge < -0.3 is 5.32 Å². The highest BCUT2D eigenvalue weighted by Crippen LogP contribution is 2.33. The predicted octanol–water partition coefficient (Wildman–Crippen LogP) is 3.02. The van der Waals surface area contributed by atoms with Gasteiger partial charge in [-0.15, -0.1) is 11.3 Å². The van der Waals surface area contributed by atoms with Crippen LogP contribution in [0.2, 0.25) is 0 Å². The number of nitrogens with one attached hydrogen (secondary N) is 1. The summed E-state index contributed by atoms with van der Waals surface area (Å²) >= 11 is 1.76. The highest BCUT2D eigenvalue weighted by Gasteiger charge is 2.20. The third-order valence-electron chi connectivity index (χ3n) is 3.63. The Bertz CT molecular complexity index is 533. The Morgan fingerprint density at radius 1 is 1.24 bits per heavy atom. The summed E-state index contributed by atoms with van der Waals surface area (Å²) in [5.74, 6) is 0.387. The maximum absolute atomic E-state index is 4.51. The van der Waals surface area contributed by atoms with Crippen molar-refractivity contribution in [1.82, 2.24) is 15.3 Å². The van der Waals surface area contributed by atoms with Crippen molar-refractivity contribution in [1.29, 1.82) is 0 Å². The van der Waals surface area contributed by atoms with Gasteiger partial charge in [-0.2, -0.15) is 0 Å². The normalized spacial score (nSPS) is 15.1. The molecule has 0 aromatic carbocycles. The minimum atomic E-state index is 0.387. The monoisotopic (exact) mass is 249 g/mol. The Kier molecular flexibility index (Phi) is 3.45. The number of hydrogen-bond acceptors (Lipinski definition) is 4. The second-order valence-corrected chi connectivity index (χ2v) is 5.79. The fraction of sp³-hybridized carbons (Fsp3) is 0.538. The van der Waals surface area contributed by atoms with E-state index in [1.807, 2.05) is 7.05 Å². The second kappa shape index (κ2) is 4.70. The van der Waals surface area contributed by atoms with E-state index in [1.54, 1.807) is 17.7 Å². The molecule has 2 rings (SSSR count). The zero-order valence-corrected chi connectivity index (χ0v) is 11.9. The van der Waals surface area contributed by atoms with Gasteiger partial charge in [0.2, 0.25) is 0 Å². The number of nitrogens with zero attached hydrogens (tertiary/aromatic N) is 2. The summed E-state index contributed by atoms with van der Waals surface area (Å²) < 4.78 is 0. The molecule has 3 nitrogen and oxygen atoms in total. The first-order chi connectivity index (χ1) is 8.06. The number of rotatable bonds is 3. The second-order valence-electron chi connectivity index (χ2n) is 4.59. The number of fused-ring (bicyclic) bond motifs is 1. The summed E-state index contributed by atoms with van der Waals surface area (Å²) in [5.41, 5.74) is 2.49. The molecule has 0 fully saturated rings. The summed E-state index contributed by atoms with van der Waals surface area (Å²) in [6, 6.07) is 0.410. The molecule has 0 aliphatic heterocycles. The van der Waals surface area contributed by atoms with Gasteiger partial charge >= 0.3 is 0 Å². The molecule has 92 valence electrons. The zero-order chi connectivity index (χ0) is 12.6. The third-order valence-corrected chi connectivity index (χ3v) is 4.75. The van der Waals surface area contributed by atoms with Crippen molar-refractivity contribution in [2.75, 3.05) is 7.05 Å². The van der Waals surface area contributed by atoms with Crippen LogP contribution in [-0.2, 0) is 0 Å². The van der Waals surface area contributed by atoms with Gasteiger partial charge in [0, 0.05) is 22.2 Å². The molecule has 0 bridgehead atoms. The first kappa shape index (κ1) is 12.5. The highest BCUT2D eigenvalue weighted by molar-refractivity contribution is 7.18. The lowest BCUT2D eigenvalue weighted by Gasteiger charge is -2.19. The standard InChI is InChI=1S/C13H19N3S/c1-7(9(3)14-5)12-11-8(2)10(4)17-13(11)16-6-15-12/h6-7,9,14H,1-5H3. The van der Waals surface area contributed by atoms with E-state index >= 15 is 0 Å². The van der Waals surface area contributed by atoms with E-state index in [0.717, 1.165) is 4.83 Å². The molecule has 2 heterocycles. The number of aromatic nitrogens is 2. The summed E-state index contributed by atoms with van der Waals surface area (Å²) in [6.45, 7) is 8.72. The van der Waals surface area contributed by atoms with Gasteiger partial charge in [-0.25, -0.2) is 9.97 Å². The van der Waals surface area contributed by atoms with Crippen molar-refractivity contribution in [3.63, 3.8) is 0 Å². The molecule has 4 heteroatoms. The van der Waals surface area contributed by atoms with E-state index < -0.39 is 0 Å². The average molecular weight is 249 g/mol. The molecule has 2 unspecified atom stereocenters. The fourth-order valence-electron chi connectivity index (χ4n) is 2.04. The first-order valence-electron chi connectivity index (χ1n) is 5.94. The van der Waals surface area contributed by atoms with Crippen molar-refractivity contribution < 1.29 is 0 Å². The van der Waals surface area contributed by atoms with Crippen molar-refractivity contribution in [3.05, 3.63) is 22.5 Å². The lowest BCUT2D eigenvalue weighted by molar-refractivity contribution is 0.517. The molecular formula is C13H19N3S. The SMILES string of the molecule is CNC(C)C(C)c1ncnc2sc(C)c(C)c12. The van der Waals surface area contributed by atoms with Crippen molar-refractivity contribution in [2.24, 2.45) is 0 Å². The van der Waals surface area contributed by atoms with Gasteiger partial charge in [-0.1, -0.05) is 6.92 Å². The largest absolute Gasteiger partial charge is 0.317 e. The van der Waals surface area contributed by atoms with Gasteiger partial charge in [0.25, 0.3) is 0 Å². The van der Waals surface area contributed by atoms with Gasteiger partial charge in [0.15, 0.2) is 0 Å². The molecule has 0 amide bonds. The van der Waals surface area contributed by atoms with E-state index in [-0.39, 0.29) is 0 Å². The molecule has 2 aromatic rings. The van der Waals surface area contributed by atoms with Crippen LogP contribution in [0.15, 0.2) is 6.33 Å². The maximum atomic E-state index is 4.51. The lowest BCUT2D eigenvalue weighted by atomic mass is 9.96. The van der Waals surface area contributed by atoms with Crippen LogP contribution in [0.3, 0.4) is 0 Å². The van der Waals surface area contributed by atoms with Crippen LogP contribution in [0.5, 0.6) is 0 Å². The average Bonchev–Trinajstić information content (AvgIpc) is 2.63. The van der Waals surface area contributed by atoms with Crippen LogP contribution in [0.4, 0.5) is 0 Å². The maximum Gasteiger partial charge on any atom is 0.127 e. The number of aryl methyl sites for hydroxylation is 2. The van der Waals surface area contributed by atoms with Crippen LogP contribution >= 0.6 is 11.3 Å². The van der Waals surface area contributed by atoms with Crippen LogP contribution in [0, 0.1) is 13.8 Å². The summed E-state index contributed by atoms with van der Waals surface area (Å²) in [7, 11) is 1.99. The molecule has 0 saturated heterocycles. The predicted molar refractivity (Wildman–Crippen MR) is 73.8 cm³/mol. The summed E-state index contributed by atoms with van der Waals surface area (Å²) in [4.78, 5) is 11.3. The van der Waals surface area contributed by atoms with E-state index in [4.69, 9.17) is 0 Å². The van der Waals surface area contributed by atoms with Crippen molar-refractivity contribution in [2.45, 2.75) is 39.7 Å². The van der Waals surface area contributed by atoms with E-state index in [1.165, 1.54) is 21.5 Å². The molecular weight excluding hydrogens is 230 g/mol. The fourth-order valence-corrected chi connectivity index (χ4v) is 3.05. The Morgan fingerprint density at radius 2 is 1.94 bits per heavy atom. The minimum Gasteiger partial charge on any atom is -0.317 e. The zero-order valence-electron chi connectivity index (χ0n) is 11.0. The van der Waals surface area contributed by atoms with Crippen LogP contribution in [0.1, 0.15) is 35.9 Å². The Hall–Kier alpha value is -1.00. The first-order valence-corrected chi connectivity index (χ1v) is 6.75. The van der Waals surface area contributed by atoms with E-state index in [0.29, 0.717) is 12.0 Å². The molecule has 2 atom stereocenters. The van der Waals surface area contributed by atoms with Crippen molar-refractivity contribution >= 4 is 21.6 Å². The van der Waals surface area contributed by atoms with Gasteiger partial charge in [-0.05, 0) is 33.4 Å². The smallest absolute Gasteiger partial charge is 0.127 e. The van der Waals surface area contributed by atoms with Crippen LogP contribution < -0.4 is 5.32 Å². The van der Waals surface area contributed by atoms with Gasteiger partial charge in [0.1, 0.15) is 11.2 Å². The summed E-state index contributed by atoms with van der Waals surface area (Å²) in [5, 5.41) is 4.55. The van der Waals surface area contributed by atoms with Gasteiger partial charge in [-0.3, -0.25) is 0 Å². The van der Waals surface area contributed by atoms with Crippen LogP contribution in [0.25, 0.3) is 10.2 Å². The Labute approximate surface area is 106 Å². The van der Waals surface area contributed by atoms with Crippen molar-refractivity contribution in [3.8, 4) is 0 Å². The molecule has 17 heavy (non-hydrogen) atoms. The van der Waals surface area contributed by atoms with E-state index in [2.05, 4.69) is 43.0 Å². The molecule has 0 saturated carbocycles. The third kappa shape index (κ3) is 2.07. The van der Waals surface area contributed by atoms with Gasteiger partial charge in [0.05, 0.1) is 5.69 Å². The molecule has 1 N–H and O–H groups in total. The Balaban J connectivity index is 2.61. The quantitative estimate of drug-likeness (QED) is 0.908. The summed E-state index contributed by atoms with van der Waals surface area (Å²) in [6.07, 6.45) is 1.69. The molecule has 0 spiro atoms. The van der Waals surface area contributed by atoms with E-state index in [9.17, 15) is 0 Å². The molecule has 0 radical (unpaired) electrons. The molecule has 2 aromatic heterocycles. The highest BCUT2D eigenvalue weighted by atomic mass is 32.1. The lowest BCUT2D eigenvalue weighted by Crippen LogP contribution is -2.27. The Morgan fingerprint density at radius 3 is 2.59 bits per heavy atom. The number of hydrogen-bond donors (Lipinski definition) is 1. The van der Waals surface area contributed by atoms with Crippen LogP contribution in [-0.4, -0.2) is 23.1 Å². The topological polar surface area (TPSA) is 37.8 Å². The number of likely N-dealkylation sites (N-methyl/N-ethyl adjacent to an activating group) is 1. The molecule has 0 aliphatic rings.